The first-order valence-electron chi connectivity index (χ1n) is 8.93. The summed E-state index contributed by atoms with van der Waals surface area (Å²) in [6.45, 7) is 6.67. The standard InChI is InChI=1S/C18H26N2O8/c1-3-15(21)25-11-9-19-17(23)27-13-7-5-6-8-14(13)28-18(24)20-10-12-26-16(22)4-2/h3-4,13-14H,1-2,5-12H2,(H,19,23)(H,20,24)/t13-,14-/m1/s1. The van der Waals surface area contributed by atoms with E-state index in [0.29, 0.717) is 12.8 Å². The van der Waals surface area contributed by atoms with Gasteiger partial charge >= 0.3 is 24.1 Å². The smallest absolute Gasteiger partial charge is 0.407 e. The molecule has 2 atom stereocenters. The van der Waals surface area contributed by atoms with Crippen molar-refractivity contribution in [2.75, 3.05) is 26.3 Å². The van der Waals surface area contributed by atoms with Gasteiger partial charge in [-0.05, 0) is 25.7 Å². The SMILES string of the molecule is C=CC(=O)OCCNC(=O)O[C@@H]1CCCC[C@H]1OC(=O)NCCOC(=O)C=C. The van der Waals surface area contributed by atoms with Crippen LogP contribution in [0.1, 0.15) is 25.7 Å². The molecule has 2 N–H and O–H groups in total. The van der Waals surface area contributed by atoms with E-state index in [2.05, 4.69) is 23.8 Å². The van der Waals surface area contributed by atoms with E-state index >= 15 is 0 Å². The van der Waals surface area contributed by atoms with Gasteiger partial charge in [-0.3, -0.25) is 0 Å². The minimum atomic E-state index is -0.688. The Bertz CT molecular complexity index is 528. The number of amides is 2. The van der Waals surface area contributed by atoms with Crippen LogP contribution in [0.3, 0.4) is 0 Å². The minimum absolute atomic E-state index is 0.0105. The second kappa shape index (κ2) is 13.2. The highest BCUT2D eigenvalue weighted by molar-refractivity contribution is 5.81. The zero-order valence-electron chi connectivity index (χ0n) is 15.6. The van der Waals surface area contributed by atoms with Gasteiger partial charge in [-0.1, -0.05) is 13.2 Å². The molecule has 28 heavy (non-hydrogen) atoms. The van der Waals surface area contributed by atoms with Crippen molar-refractivity contribution in [2.24, 2.45) is 0 Å². The fraction of sp³-hybridized carbons (Fsp3) is 0.556. The highest BCUT2D eigenvalue weighted by Crippen LogP contribution is 2.24. The lowest BCUT2D eigenvalue weighted by Crippen LogP contribution is -2.43. The highest BCUT2D eigenvalue weighted by atomic mass is 16.6. The molecule has 0 unspecified atom stereocenters. The molecular weight excluding hydrogens is 372 g/mol. The number of esters is 2. The Kier molecular flexibility index (Phi) is 10.8. The van der Waals surface area contributed by atoms with Crippen LogP contribution in [0.15, 0.2) is 25.3 Å². The monoisotopic (exact) mass is 398 g/mol. The molecule has 1 aliphatic carbocycles. The van der Waals surface area contributed by atoms with Gasteiger partial charge in [0.05, 0.1) is 13.1 Å². The van der Waals surface area contributed by atoms with Crippen molar-refractivity contribution in [3.63, 3.8) is 0 Å². The molecule has 0 aromatic carbocycles. The summed E-state index contributed by atoms with van der Waals surface area (Å²) in [6.07, 6.45) is 2.33. The Morgan fingerprint density at radius 3 is 1.54 bits per heavy atom. The summed E-state index contributed by atoms with van der Waals surface area (Å²) < 4.78 is 20.1. The summed E-state index contributed by atoms with van der Waals surface area (Å²) in [4.78, 5) is 45.5. The molecule has 0 spiro atoms. The predicted molar refractivity (Wildman–Crippen MR) is 97.3 cm³/mol. The average molecular weight is 398 g/mol. The van der Waals surface area contributed by atoms with E-state index in [-0.39, 0.29) is 26.3 Å². The van der Waals surface area contributed by atoms with Crippen molar-refractivity contribution in [1.82, 2.24) is 10.6 Å². The quantitative estimate of drug-likeness (QED) is 0.243. The van der Waals surface area contributed by atoms with Gasteiger partial charge in [-0.2, -0.15) is 0 Å². The van der Waals surface area contributed by atoms with Crippen molar-refractivity contribution in [3.05, 3.63) is 25.3 Å². The molecule has 0 bridgehead atoms. The van der Waals surface area contributed by atoms with Gasteiger partial charge in [-0.15, -0.1) is 0 Å². The van der Waals surface area contributed by atoms with Crippen molar-refractivity contribution in [3.8, 4) is 0 Å². The molecular formula is C18H26N2O8. The van der Waals surface area contributed by atoms with Gasteiger partial charge in [0, 0.05) is 12.2 Å². The third-order valence-corrected chi connectivity index (χ3v) is 3.72. The van der Waals surface area contributed by atoms with Crippen LogP contribution in [0.2, 0.25) is 0 Å². The number of hydrogen-bond acceptors (Lipinski definition) is 8. The van der Waals surface area contributed by atoms with Crippen molar-refractivity contribution < 1.29 is 38.1 Å². The van der Waals surface area contributed by atoms with E-state index in [9.17, 15) is 19.2 Å². The fourth-order valence-electron chi connectivity index (χ4n) is 2.42. The second-order valence-corrected chi connectivity index (χ2v) is 5.77. The predicted octanol–water partition coefficient (Wildman–Crippen LogP) is 1.21. The highest BCUT2D eigenvalue weighted by Gasteiger charge is 2.31. The normalized spacial score (nSPS) is 18.1. The number of rotatable bonds is 10. The molecule has 1 aliphatic rings. The van der Waals surface area contributed by atoms with Crippen LogP contribution in [-0.2, 0) is 28.5 Å². The average Bonchev–Trinajstić information content (AvgIpc) is 2.69. The lowest BCUT2D eigenvalue weighted by molar-refractivity contribution is -0.138. The molecule has 0 aromatic heterocycles. The maximum Gasteiger partial charge on any atom is 0.407 e. The maximum absolute atomic E-state index is 11.9. The van der Waals surface area contributed by atoms with Crippen molar-refractivity contribution >= 4 is 24.1 Å². The molecule has 10 nitrogen and oxygen atoms in total. The first-order chi connectivity index (χ1) is 13.5. The number of carbonyl (C=O) groups excluding carboxylic acids is 4. The van der Waals surface area contributed by atoms with E-state index in [1.54, 1.807) is 0 Å². The zero-order valence-corrected chi connectivity index (χ0v) is 15.6. The van der Waals surface area contributed by atoms with Crippen LogP contribution >= 0.6 is 0 Å². The van der Waals surface area contributed by atoms with Gasteiger partial charge in [0.15, 0.2) is 0 Å². The van der Waals surface area contributed by atoms with Crippen molar-refractivity contribution in [1.29, 1.82) is 0 Å². The molecule has 1 rings (SSSR count). The van der Waals surface area contributed by atoms with E-state index in [1.165, 1.54) is 0 Å². The summed E-state index contributed by atoms with van der Waals surface area (Å²) in [5, 5.41) is 4.91. The summed E-state index contributed by atoms with van der Waals surface area (Å²) in [6, 6.07) is 0. The number of hydrogen-bond donors (Lipinski definition) is 2. The fourth-order valence-corrected chi connectivity index (χ4v) is 2.42. The van der Waals surface area contributed by atoms with Crippen molar-refractivity contribution in [2.45, 2.75) is 37.9 Å². The summed E-state index contributed by atoms with van der Waals surface area (Å²) in [5.74, 6) is -1.16. The molecule has 2 amide bonds. The molecule has 10 heteroatoms. The molecule has 156 valence electrons. The van der Waals surface area contributed by atoms with Gasteiger partial charge < -0.3 is 29.6 Å². The van der Waals surface area contributed by atoms with Crippen LogP contribution in [-0.4, -0.2) is 62.6 Å². The van der Waals surface area contributed by atoms with E-state index in [1.807, 2.05) is 0 Å². The third kappa shape index (κ3) is 9.60. The van der Waals surface area contributed by atoms with Crippen LogP contribution in [0.25, 0.3) is 0 Å². The Morgan fingerprint density at radius 2 is 1.18 bits per heavy atom. The number of alkyl carbamates (subject to hydrolysis) is 2. The Balaban J connectivity index is 2.31. The number of nitrogens with one attached hydrogen (secondary N) is 2. The number of ether oxygens (including phenoxy) is 4. The first-order valence-corrected chi connectivity index (χ1v) is 8.93. The van der Waals surface area contributed by atoms with E-state index in [4.69, 9.17) is 18.9 Å². The Hall–Kier alpha value is -3.04. The molecule has 0 saturated heterocycles. The molecule has 0 aliphatic heterocycles. The third-order valence-electron chi connectivity index (χ3n) is 3.72. The summed E-state index contributed by atoms with van der Waals surface area (Å²) in [7, 11) is 0. The lowest BCUT2D eigenvalue weighted by Gasteiger charge is -2.30. The van der Waals surface area contributed by atoms with E-state index in [0.717, 1.165) is 25.0 Å². The Labute approximate surface area is 163 Å². The van der Waals surface area contributed by atoms with Crippen LogP contribution in [0.4, 0.5) is 9.59 Å². The first kappa shape index (κ1) is 23.0. The molecule has 0 heterocycles. The lowest BCUT2D eigenvalue weighted by atomic mass is 9.94. The maximum atomic E-state index is 11.9. The van der Waals surface area contributed by atoms with Crippen LogP contribution in [0, 0.1) is 0 Å². The van der Waals surface area contributed by atoms with Crippen LogP contribution < -0.4 is 10.6 Å². The summed E-state index contributed by atoms with van der Waals surface area (Å²) >= 11 is 0. The van der Waals surface area contributed by atoms with E-state index < -0.39 is 36.3 Å². The largest absolute Gasteiger partial charge is 0.461 e. The summed E-state index contributed by atoms with van der Waals surface area (Å²) in [5.41, 5.74) is 0. The minimum Gasteiger partial charge on any atom is -0.461 e. The topological polar surface area (TPSA) is 129 Å². The molecule has 1 saturated carbocycles. The van der Waals surface area contributed by atoms with Gasteiger partial charge in [0.2, 0.25) is 0 Å². The molecule has 0 aromatic rings. The Morgan fingerprint density at radius 1 is 0.786 bits per heavy atom. The zero-order chi connectivity index (χ0) is 20.8. The van der Waals surface area contributed by atoms with Gasteiger partial charge in [0.25, 0.3) is 0 Å². The second-order valence-electron chi connectivity index (χ2n) is 5.77. The molecule has 1 fully saturated rings. The van der Waals surface area contributed by atoms with Gasteiger partial charge in [0.1, 0.15) is 25.4 Å². The molecule has 0 radical (unpaired) electrons. The number of carbonyl (C=O) groups is 4. The van der Waals surface area contributed by atoms with Gasteiger partial charge in [-0.25, -0.2) is 19.2 Å². The van der Waals surface area contributed by atoms with Crippen LogP contribution in [0.5, 0.6) is 0 Å².